The third-order valence-corrected chi connectivity index (χ3v) is 2.85. The van der Waals surface area contributed by atoms with Gasteiger partial charge in [0.05, 0.1) is 5.56 Å². The highest BCUT2D eigenvalue weighted by atomic mass is 19.1. The second-order valence-corrected chi connectivity index (χ2v) is 4.29. The fourth-order valence-corrected chi connectivity index (χ4v) is 1.79. The highest BCUT2D eigenvalue weighted by Crippen LogP contribution is 2.14. The number of benzene rings is 2. The molecule has 2 rings (SSSR count). The third-order valence-electron chi connectivity index (χ3n) is 2.85. The van der Waals surface area contributed by atoms with Crippen LogP contribution in [0.5, 0.6) is 0 Å². The summed E-state index contributed by atoms with van der Waals surface area (Å²) >= 11 is 0. The molecule has 2 nitrogen and oxygen atoms in total. The summed E-state index contributed by atoms with van der Waals surface area (Å²) in [7, 11) is 0. The van der Waals surface area contributed by atoms with Crippen LogP contribution in [0.1, 0.15) is 22.3 Å². The van der Waals surface area contributed by atoms with Crippen LogP contribution in [0.4, 0.5) is 14.5 Å². The van der Waals surface area contributed by atoms with E-state index in [2.05, 4.69) is 0 Å². The van der Waals surface area contributed by atoms with Crippen molar-refractivity contribution in [2.75, 3.05) is 5.73 Å². The molecule has 0 aliphatic carbocycles. The number of rotatable bonds is 4. The summed E-state index contributed by atoms with van der Waals surface area (Å²) in [5, 5.41) is 0. The molecule has 0 atom stereocenters. The number of hydrogen-bond acceptors (Lipinski definition) is 2. The maximum Gasteiger partial charge on any atom is 0.166 e. The van der Waals surface area contributed by atoms with Gasteiger partial charge < -0.3 is 5.73 Å². The van der Waals surface area contributed by atoms with Gasteiger partial charge in [-0.25, -0.2) is 8.78 Å². The molecule has 0 bridgehead atoms. The summed E-state index contributed by atoms with van der Waals surface area (Å²) < 4.78 is 26.1. The number of hydrogen-bond donors (Lipinski definition) is 1. The molecule has 0 heterocycles. The second kappa shape index (κ2) is 5.61. The van der Waals surface area contributed by atoms with Crippen molar-refractivity contribution in [3.63, 3.8) is 0 Å². The molecule has 0 saturated carbocycles. The molecule has 4 heteroatoms. The van der Waals surface area contributed by atoms with Crippen LogP contribution in [0.2, 0.25) is 0 Å². The number of anilines is 1. The largest absolute Gasteiger partial charge is 0.399 e. The van der Waals surface area contributed by atoms with Gasteiger partial charge in [-0.05, 0) is 36.2 Å². The number of ketones is 1. The molecular weight excluding hydrogens is 248 g/mol. The van der Waals surface area contributed by atoms with Gasteiger partial charge in [0.1, 0.15) is 11.6 Å². The zero-order chi connectivity index (χ0) is 13.8. The Morgan fingerprint density at radius 2 is 1.74 bits per heavy atom. The molecule has 0 saturated heterocycles. The second-order valence-electron chi connectivity index (χ2n) is 4.29. The van der Waals surface area contributed by atoms with E-state index in [0.29, 0.717) is 12.1 Å². The Balaban J connectivity index is 2.03. The minimum atomic E-state index is -0.817. The first-order valence-corrected chi connectivity index (χ1v) is 5.89. The maximum atomic E-state index is 13.4. The first kappa shape index (κ1) is 13.2. The van der Waals surface area contributed by atoms with Gasteiger partial charge in [0, 0.05) is 18.2 Å². The van der Waals surface area contributed by atoms with Crippen molar-refractivity contribution in [2.45, 2.75) is 12.8 Å². The minimum Gasteiger partial charge on any atom is -0.399 e. The van der Waals surface area contributed by atoms with Gasteiger partial charge >= 0.3 is 0 Å². The van der Waals surface area contributed by atoms with E-state index in [1.54, 1.807) is 12.1 Å². The Kier molecular flexibility index (Phi) is 3.90. The average Bonchev–Trinajstić information content (AvgIpc) is 2.37. The number of nitrogen functional groups attached to an aromatic ring is 1. The Labute approximate surface area is 109 Å². The summed E-state index contributed by atoms with van der Waals surface area (Å²) in [6.07, 6.45) is 0.669. The predicted molar refractivity (Wildman–Crippen MR) is 69.9 cm³/mol. The number of Topliss-reactive ketones (excluding diaryl/α,β-unsaturated/α-hetero) is 1. The lowest BCUT2D eigenvalue weighted by Crippen LogP contribution is -2.04. The number of aryl methyl sites for hydroxylation is 1. The van der Waals surface area contributed by atoms with E-state index in [1.807, 2.05) is 12.1 Å². The topological polar surface area (TPSA) is 43.1 Å². The lowest BCUT2D eigenvalue weighted by atomic mass is 10.0. The molecular formula is C15H13F2NO. The van der Waals surface area contributed by atoms with Crippen molar-refractivity contribution in [1.82, 2.24) is 0 Å². The molecule has 98 valence electrons. The van der Waals surface area contributed by atoms with Gasteiger partial charge in [-0.3, -0.25) is 4.79 Å². The molecule has 0 spiro atoms. The monoisotopic (exact) mass is 261 g/mol. The Bertz CT molecular complexity index is 594. The molecule has 0 amide bonds. The standard InChI is InChI=1S/C15H13F2NO/c16-11-4-7-13(14(17)9-11)15(19)8-3-10-1-5-12(18)6-2-10/h1-2,4-7,9H,3,8,18H2. The lowest BCUT2D eigenvalue weighted by Gasteiger charge is -2.04. The van der Waals surface area contributed by atoms with Crippen LogP contribution in [-0.4, -0.2) is 5.78 Å². The number of carbonyl (C=O) groups excluding carboxylic acids is 1. The van der Waals surface area contributed by atoms with Gasteiger partial charge in [0.2, 0.25) is 0 Å². The molecule has 0 aliphatic heterocycles. The summed E-state index contributed by atoms with van der Waals surface area (Å²) in [6.45, 7) is 0. The van der Waals surface area contributed by atoms with Crippen LogP contribution in [0.3, 0.4) is 0 Å². The van der Waals surface area contributed by atoms with Gasteiger partial charge in [-0.2, -0.15) is 0 Å². The third kappa shape index (κ3) is 3.37. The van der Waals surface area contributed by atoms with Crippen molar-refractivity contribution in [1.29, 1.82) is 0 Å². The SMILES string of the molecule is Nc1ccc(CCC(=O)c2ccc(F)cc2F)cc1. The predicted octanol–water partition coefficient (Wildman–Crippen LogP) is 3.36. The van der Waals surface area contributed by atoms with E-state index >= 15 is 0 Å². The number of halogens is 2. The molecule has 2 N–H and O–H groups in total. The molecule has 2 aromatic carbocycles. The van der Waals surface area contributed by atoms with E-state index in [9.17, 15) is 13.6 Å². The first-order chi connectivity index (χ1) is 9.06. The quantitative estimate of drug-likeness (QED) is 0.677. The lowest BCUT2D eigenvalue weighted by molar-refractivity contribution is 0.0979. The van der Waals surface area contributed by atoms with E-state index in [1.165, 1.54) is 6.07 Å². The Hall–Kier alpha value is -2.23. The van der Waals surface area contributed by atoms with Crippen LogP contribution >= 0.6 is 0 Å². The molecule has 0 aliphatic rings. The summed E-state index contributed by atoms with van der Waals surface area (Å²) in [4.78, 5) is 11.8. The van der Waals surface area contributed by atoms with Gasteiger partial charge in [0.25, 0.3) is 0 Å². The summed E-state index contributed by atoms with van der Waals surface area (Å²) in [6, 6.07) is 10.1. The zero-order valence-electron chi connectivity index (χ0n) is 10.2. The van der Waals surface area contributed by atoms with E-state index in [-0.39, 0.29) is 17.8 Å². The van der Waals surface area contributed by atoms with Gasteiger partial charge in [0.15, 0.2) is 5.78 Å². The van der Waals surface area contributed by atoms with Crippen molar-refractivity contribution in [3.05, 3.63) is 65.2 Å². The highest BCUT2D eigenvalue weighted by Gasteiger charge is 2.12. The smallest absolute Gasteiger partial charge is 0.166 e. The fraction of sp³-hybridized carbons (Fsp3) is 0.133. The molecule has 0 radical (unpaired) electrons. The summed E-state index contributed by atoms with van der Waals surface area (Å²) in [5.41, 5.74) is 7.08. The average molecular weight is 261 g/mol. The number of nitrogens with two attached hydrogens (primary N) is 1. The van der Waals surface area contributed by atoms with E-state index < -0.39 is 11.6 Å². The first-order valence-electron chi connectivity index (χ1n) is 5.89. The zero-order valence-corrected chi connectivity index (χ0v) is 10.2. The maximum absolute atomic E-state index is 13.4. The van der Waals surface area contributed by atoms with Crippen LogP contribution in [0.15, 0.2) is 42.5 Å². The molecule has 2 aromatic rings. The van der Waals surface area contributed by atoms with Gasteiger partial charge in [-0.15, -0.1) is 0 Å². The van der Waals surface area contributed by atoms with E-state index in [4.69, 9.17) is 5.73 Å². The van der Waals surface area contributed by atoms with Crippen molar-refractivity contribution >= 4 is 11.5 Å². The van der Waals surface area contributed by atoms with E-state index in [0.717, 1.165) is 17.7 Å². The Morgan fingerprint density at radius 1 is 1.05 bits per heavy atom. The van der Waals surface area contributed by atoms with Crippen LogP contribution < -0.4 is 5.73 Å². The van der Waals surface area contributed by atoms with Crippen molar-refractivity contribution in [2.24, 2.45) is 0 Å². The van der Waals surface area contributed by atoms with Crippen molar-refractivity contribution in [3.8, 4) is 0 Å². The Morgan fingerprint density at radius 3 is 2.37 bits per heavy atom. The van der Waals surface area contributed by atoms with Crippen LogP contribution in [0.25, 0.3) is 0 Å². The van der Waals surface area contributed by atoms with Crippen LogP contribution in [0, 0.1) is 11.6 Å². The fourth-order valence-electron chi connectivity index (χ4n) is 1.79. The normalized spacial score (nSPS) is 10.4. The summed E-state index contributed by atoms with van der Waals surface area (Å²) in [5.74, 6) is -1.84. The molecule has 0 aromatic heterocycles. The minimum absolute atomic E-state index is 0.0724. The molecule has 19 heavy (non-hydrogen) atoms. The van der Waals surface area contributed by atoms with Crippen LogP contribution in [-0.2, 0) is 6.42 Å². The van der Waals surface area contributed by atoms with Crippen molar-refractivity contribution < 1.29 is 13.6 Å². The highest BCUT2D eigenvalue weighted by molar-refractivity contribution is 5.96. The molecule has 0 unspecified atom stereocenters. The molecule has 0 fully saturated rings. The number of carbonyl (C=O) groups is 1. The van der Waals surface area contributed by atoms with Gasteiger partial charge in [-0.1, -0.05) is 12.1 Å².